The summed E-state index contributed by atoms with van der Waals surface area (Å²) in [6.07, 6.45) is 5.01. The second-order valence-electron chi connectivity index (χ2n) is 4.34. The zero-order valence-electron chi connectivity index (χ0n) is 11.6. The molecule has 1 amide bonds. The predicted octanol–water partition coefficient (Wildman–Crippen LogP) is 1.33. The van der Waals surface area contributed by atoms with Crippen molar-refractivity contribution in [1.29, 1.82) is 0 Å². The lowest BCUT2D eigenvalue weighted by Crippen LogP contribution is -2.29. The maximum Gasteiger partial charge on any atom is 0.254 e. The minimum Gasteiger partial charge on any atom is -0.382 e. The van der Waals surface area contributed by atoms with Crippen LogP contribution in [0.25, 0.3) is 0 Å². The van der Waals surface area contributed by atoms with Gasteiger partial charge in [0.15, 0.2) is 0 Å². The number of aryl methyl sites for hydroxylation is 2. The van der Waals surface area contributed by atoms with Crippen LogP contribution in [0, 0.1) is 13.8 Å². The summed E-state index contributed by atoms with van der Waals surface area (Å²) in [4.78, 5) is 24.2. The first-order valence-corrected chi connectivity index (χ1v) is 6.39. The lowest BCUT2D eigenvalue weighted by Gasteiger charge is -2.08. The Morgan fingerprint density at radius 3 is 2.80 bits per heavy atom. The Morgan fingerprint density at radius 2 is 2.10 bits per heavy atom. The van der Waals surface area contributed by atoms with Gasteiger partial charge in [-0.05, 0) is 26.0 Å². The summed E-state index contributed by atoms with van der Waals surface area (Å²) in [5, 5.41) is 5.99. The number of nitrogens with one attached hydrogen (secondary N) is 2. The number of hydrogen-bond acceptors (Lipinski definition) is 5. The molecule has 0 fully saturated rings. The summed E-state index contributed by atoms with van der Waals surface area (Å²) in [5.41, 5.74) is 2.13. The van der Waals surface area contributed by atoms with Crippen LogP contribution < -0.4 is 10.6 Å². The third-order valence-electron chi connectivity index (χ3n) is 2.75. The second-order valence-corrected chi connectivity index (χ2v) is 4.34. The molecule has 2 heterocycles. The highest BCUT2D eigenvalue weighted by Crippen LogP contribution is 2.03. The molecule has 0 bridgehead atoms. The SMILES string of the molecule is Cc1ncc(C(=O)NCCNc2cccnc2)c(C)n1. The van der Waals surface area contributed by atoms with E-state index < -0.39 is 0 Å². The van der Waals surface area contributed by atoms with E-state index in [-0.39, 0.29) is 5.91 Å². The van der Waals surface area contributed by atoms with Crippen LogP contribution in [-0.4, -0.2) is 33.9 Å². The van der Waals surface area contributed by atoms with Gasteiger partial charge in [0, 0.05) is 31.7 Å². The van der Waals surface area contributed by atoms with Gasteiger partial charge in [-0.3, -0.25) is 9.78 Å². The van der Waals surface area contributed by atoms with Gasteiger partial charge >= 0.3 is 0 Å². The van der Waals surface area contributed by atoms with E-state index in [1.165, 1.54) is 0 Å². The number of rotatable bonds is 5. The molecule has 0 saturated carbocycles. The van der Waals surface area contributed by atoms with Crippen molar-refractivity contribution in [1.82, 2.24) is 20.3 Å². The van der Waals surface area contributed by atoms with Gasteiger partial charge in [-0.15, -0.1) is 0 Å². The van der Waals surface area contributed by atoms with Gasteiger partial charge in [0.2, 0.25) is 0 Å². The van der Waals surface area contributed by atoms with Gasteiger partial charge in [-0.2, -0.15) is 0 Å². The molecular weight excluding hydrogens is 254 g/mol. The first-order chi connectivity index (χ1) is 9.66. The number of carbonyl (C=O) groups excluding carboxylic acids is 1. The van der Waals surface area contributed by atoms with Crippen molar-refractivity contribution in [2.75, 3.05) is 18.4 Å². The number of anilines is 1. The molecule has 0 aliphatic rings. The number of hydrogen-bond donors (Lipinski definition) is 2. The maximum atomic E-state index is 12.0. The minimum absolute atomic E-state index is 0.157. The van der Waals surface area contributed by atoms with Gasteiger partial charge in [0.05, 0.1) is 16.9 Å². The topological polar surface area (TPSA) is 79.8 Å². The fourth-order valence-electron chi connectivity index (χ4n) is 1.75. The average Bonchev–Trinajstić information content (AvgIpc) is 2.44. The molecule has 2 rings (SSSR count). The average molecular weight is 271 g/mol. The maximum absolute atomic E-state index is 12.0. The Bertz CT molecular complexity index is 585. The van der Waals surface area contributed by atoms with Crippen molar-refractivity contribution in [2.45, 2.75) is 13.8 Å². The number of aromatic nitrogens is 3. The summed E-state index contributed by atoms with van der Waals surface area (Å²) in [6, 6.07) is 3.78. The summed E-state index contributed by atoms with van der Waals surface area (Å²) >= 11 is 0. The molecular formula is C14H17N5O. The number of amides is 1. The summed E-state index contributed by atoms with van der Waals surface area (Å²) in [6.45, 7) is 4.74. The van der Waals surface area contributed by atoms with E-state index in [4.69, 9.17) is 0 Å². The van der Waals surface area contributed by atoms with Crippen LogP contribution in [0.4, 0.5) is 5.69 Å². The molecule has 6 nitrogen and oxygen atoms in total. The van der Waals surface area contributed by atoms with Gasteiger partial charge in [-0.1, -0.05) is 0 Å². The van der Waals surface area contributed by atoms with Crippen LogP contribution >= 0.6 is 0 Å². The Kier molecular flexibility index (Phi) is 4.60. The van der Waals surface area contributed by atoms with Gasteiger partial charge in [0.1, 0.15) is 5.82 Å². The van der Waals surface area contributed by atoms with E-state index in [9.17, 15) is 4.79 Å². The van der Waals surface area contributed by atoms with Crippen LogP contribution in [-0.2, 0) is 0 Å². The predicted molar refractivity (Wildman–Crippen MR) is 76.6 cm³/mol. The van der Waals surface area contributed by atoms with E-state index in [2.05, 4.69) is 25.6 Å². The molecule has 0 spiro atoms. The van der Waals surface area contributed by atoms with Crippen LogP contribution in [0.2, 0.25) is 0 Å². The summed E-state index contributed by atoms with van der Waals surface area (Å²) < 4.78 is 0. The molecule has 2 aromatic rings. The third-order valence-corrected chi connectivity index (χ3v) is 2.75. The highest BCUT2D eigenvalue weighted by Gasteiger charge is 2.09. The van der Waals surface area contributed by atoms with Crippen molar-refractivity contribution < 1.29 is 4.79 Å². The molecule has 0 atom stereocenters. The Hall–Kier alpha value is -2.50. The monoisotopic (exact) mass is 271 g/mol. The van der Waals surface area contributed by atoms with Crippen LogP contribution in [0.3, 0.4) is 0 Å². The van der Waals surface area contributed by atoms with Crippen molar-refractivity contribution in [3.8, 4) is 0 Å². The van der Waals surface area contributed by atoms with Crippen molar-refractivity contribution >= 4 is 11.6 Å². The van der Waals surface area contributed by atoms with E-state index in [1.54, 1.807) is 32.4 Å². The van der Waals surface area contributed by atoms with E-state index in [0.717, 1.165) is 5.69 Å². The molecule has 20 heavy (non-hydrogen) atoms. The molecule has 6 heteroatoms. The lowest BCUT2D eigenvalue weighted by atomic mass is 10.2. The normalized spacial score (nSPS) is 10.1. The van der Waals surface area contributed by atoms with E-state index in [0.29, 0.717) is 30.2 Å². The second kappa shape index (κ2) is 6.60. The fraction of sp³-hybridized carbons (Fsp3) is 0.286. The zero-order chi connectivity index (χ0) is 14.4. The van der Waals surface area contributed by atoms with Crippen molar-refractivity contribution in [3.63, 3.8) is 0 Å². The summed E-state index contributed by atoms with van der Waals surface area (Å²) in [7, 11) is 0. The van der Waals surface area contributed by atoms with Gasteiger partial charge in [0.25, 0.3) is 5.91 Å². The summed E-state index contributed by atoms with van der Waals surface area (Å²) in [5.74, 6) is 0.507. The fourth-order valence-corrected chi connectivity index (χ4v) is 1.75. The third kappa shape index (κ3) is 3.74. The largest absolute Gasteiger partial charge is 0.382 e. The molecule has 0 radical (unpaired) electrons. The molecule has 0 unspecified atom stereocenters. The Labute approximate surface area is 117 Å². The van der Waals surface area contributed by atoms with Crippen molar-refractivity contribution in [2.24, 2.45) is 0 Å². The number of pyridine rings is 1. The first-order valence-electron chi connectivity index (χ1n) is 6.39. The molecule has 0 aliphatic carbocycles. The van der Waals surface area contributed by atoms with Gasteiger partial charge < -0.3 is 10.6 Å². The van der Waals surface area contributed by atoms with E-state index >= 15 is 0 Å². The highest BCUT2D eigenvalue weighted by atomic mass is 16.1. The van der Waals surface area contributed by atoms with Gasteiger partial charge in [-0.25, -0.2) is 9.97 Å². The Morgan fingerprint density at radius 1 is 1.25 bits per heavy atom. The lowest BCUT2D eigenvalue weighted by molar-refractivity contribution is 0.0953. The first kappa shape index (κ1) is 13.9. The van der Waals surface area contributed by atoms with Crippen LogP contribution in [0.5, 0.6) is 0 Å². The van der Waals surface area contributed by atoms with Crippen LogP contribution in [0.1, 0.15) is 21.9 Å². The quantitative estimate of drug-likeness (QED) is 0.802. The number of nitrogens with zero attached hydrogens (tertiary/aromatic N) is 3. The minimum atomic E-state index is -0.157. The van der Waals surface area contributed by atoms with Crippen molar-refractivity contribution in [3.05, 3.63) is 47.8 Å². The van der Waals surface area contributed by atoms with E-state index in [1.807, 2.05) is 12.1 Å². The molecule has 0 aromatic carbocycles. The molecule has 0 saturated heterocycles. The van der Waals surface area contributed by atoms with Crippen LogP contribution in [0.15, 0.2) is 30.7 Å². The molecule has 2 aromatic heterocycles. The molecule has 104 valence electrons. The standard InChI is InChI=1S/C14H17N5O/c1-10-13(9-18-11(2)19-10)14(20)17-7-6-16-12-4-3-5-15-8-12/h3-5,8-9,16H,6-7H2,1-2H3,(H,17,20). The Balaban J connectivity index is 1.80. The zero-order valence-corrected chi connectivity index (χ0v) is 11.6. The highest BCUT2D eigenvalue weighted by molar-refractivity contribution is 5.94. The smallest absolute Gasteiger partial charge is 0.254 e. The molecule has 0 aliphatic heterocycles. The number of carbonyl (C=O) groups is 1. The molecule has 2 N–H and O–H groups in total.